The van der Waals surface area contributed by atoms with Gasteiger partial charge < -0.3 is 10.2 Å². The van der Waals surface area contributed by atoms with Crippen molar-refractivity contribution in [3.8, 4) is 0 Å². The van der Waals surface area contributed by atoms with E-state index >= 15 is 0 Å². The van der Waals surface area contributed by atoms with Crippen molar-refractivity contribution in [2.45, 2.75) is 81.3 Å². The van der Waals surface area contributed by atoms with Crippen molar-refractivity contribution >= 4 is 38.0 Å². The molecule has 2 aliphatic rings. The van der Waals surface area contributed by atoms with Gasteiger partial charge in [-0.2, -0.15) is 4.98 Å². The Morgan fingerprint density at radius 1 is 1.00 bits per heavy atom. The van der Waals surface area contributed by atoms with Gasteiger partial charge in [-0.3, -0.25) is 14.5 Å². The zero-order chi connectivity index (χ0) is 30.5. The van der Waals surface area contributed by atoms with Crippen LogP contribution < -0.4 is 15.8 Å². The number of aromatic nitrogens is 4. The molecule has 1 amide bonds. The number of fused-ring (bicyclic) bond motifs is 3. The lowest BCUT2D eigenvalue weighted by atomic mass is 9.93. The van der Waals surface area contributed by atoms with Gasteiger partial charge in [0.1, 0.15) is 0 Å². The zero-order valence-corrected chi connectivity index (χ0v) is 26.0. The predicted molar refractivity (Wildman–Crippen MR) is 165 cm³/mol. The fourth-order valence-corrected chi connectivity index (χ4v) is 7.93. The topological polar surface area (TPSA) is 133 Å². The summed E-state index contributed by atoms with van der Waals surface area (Å²) in [6.45, 7) is 10.4. The molecule has 0 bridgehead atoms. The van der Waals surface area contributed by atoms with Gasteiger partial charge in [0.25, 0.3) is 5.56 Å². The summed E-state index contributed by atoms with van der Waals surface area (Å²) in [4.78, 5) is 35.0. The second-order valence-corrected chi connectivity index (χ2v) is 14.2. The number of H-pyrrole nitrogens is 1. The number of carbonyl (C=O) groups is 1. The molecule has 3 heterocycles. The van der Waals surface area contributed by atoms with Gasteiger partial charge in [-0.25, -0.2) is 18.1 Å². The Balaban J connectivity index is 1.25. The molecule has 4 aromatic rings. The number of anilines is 1. The number of sulfone groups is 1. The molecular weight excluding hydrogens is 566 g/mol. The van der Waals surface area contributed by atoms with Crippen LogP contribution in [0, 0.1) is 13.8 Å². The van der Waals surface area contributed by atoms with Crippen LogP contribution in [0.4, 0.5) is 5.69 Å². The van der Waals surface area contributed by atoms with Gasteiger partial charge in [0.2, 0.25) is 20.8 Å². The third-order valence-corrected chi connectivity index (χ3v) is 10.9. The van der Waals surface area contributed by atoms with E-state index in [1.165, 1.54) is 23.8 Å². The number of piperazine rings is 1. The smallest absolute Gasteiger partial charge is 0.281 e. The Bertz CT molecular complexity index is 1860. The van der Waals surface area contributed by atoms with Crippen LogP contribution in [0.3, 0.4) is 0 Å². The van der Waals surface area contributed by atoms with Crippen LogP contribution >= 0.6 is 0 Å². The average molecular weight is 606 g/mol. The number of rotatable bonds is 6. The number of carbonyl (C=O) groups excluding carboxylic acids is 1. The van der Waals surface area contributed by atoms with Gasteiger partial charge in [-0.05, 0) is 70.4 Å². The van der Waals surface area contributed by atoms with Gasteiger partial charge in [0, 0.05) is 37.9 Å². The minimum Gasteiger partial charge on any atom is -0.369 e. The summed E-state index contributed by atoms with van der Waals surface area (Å²) in [5, 5.41) is 10.3. The van der Waals surface area contributed by atoms with E-state index in [9.17, 15) is 18.0 Å². The molecule has 1 aliphatic carbocycles. The molecule has 0 radical (unpaired) electrons. The number of benzene rings is 2. The van der Waals surface area contributed by atoms with Crippen molar-refractivity contribution in [2.75, 3.05) is 31.1 Å². The molecule has 0 spiro atoms. The van der Waals surface area contributed by atoms with Crippen LogP contribution in [0.2, 0.25) is 0 Å². The van der Waals surface area contributed by atoms with E-state index < -0.39 is 20.9 Å². The van der Waals surface area contributed by atoms with Crippen molar-refractivity contribution in [1.82, 2.24) is 30.0 Å². The summed E-state index contributed by atoms with van der Waals surface area (Å²) in [5.41, 5.74) is 1.76. The molecule has 43 heavy (non-hydrogen) atoms. The summed E-state index contributed by atoms with van der Waals surface area (Å²) in [6.07, 6.45) is 5.70. The normalized spacial score (nSPS) is 17.5. The molecule has 2 fully saturated rings. The summed E-state index contributed by atoms with van der Waals surface area (Å²) in [6, 6.07) is 10.8. The van der Waals surface area contributed by atoms with Crippen molar-refractivity contribution in [3.63, 3.8) is 0 Å². The summed E-state index contributed by atoms with van der Waals surface area (Å²) < 4.78 is 28.7. The monoisotopic (exact) mass is 605 g/mol. The predicted octanol–water partition coefficient (Wildman–Crippen LogP) is 3.37. The minimum absolute atomic E-state index is 0.0369. The maximum Gasteiger partial charge on any atom is 0.281 e. The largest absolute Gasteiger partial charge is 0.369 e. The number of hydrogen-bond donors (Lipinski definition) is 2. The molecule has 2 N–H and O–H groups in total. The van der Waals surface area contributed by atoms with E-state index in [0.29, 0.717) is 42.6 Å². The van der Waals surface area contributed by atoms with E-state index in [4.69, 9.17) is 0 Å². The van der Waals surface area contributed by atoms with Crippen LogP contribution in [0.15, 0.2) is 51.1 Å². The first-order valence-corrected chi connectivity index (χ1v) is 16.5. The van der Waals surface area contributed by atoms with Crippen molar-refractivity contribution in [3.05, 3.63) is 57.9 Å². The molecule has 1 saturated heterocycles. The van der Waals surface area contributed by atoms with Crippen molar-refractivity contribution in [1.29, 1.82) is 0 Å². The SMILES string of the molecule is Cc1ccc(S(=O)(=O)c2n[nH]n3c2nc(=O)c2ccc(N4CCN(C(C)(C)C(=O)NC5CCCCC5)CC4)cc23)c(C)c1. The van der Waals surface area contributed by atoms with Crippen LogP contribution in [-0.2, 0) is 14.6 Å². The van der Waals surface area contributed by atoms with Gasteiger partial charge in [0.05, 0.1) is 21.3 Å². The quantitative estimate of drug-likeness (QED) is 0.342. The van der Waals surface area contributed by atoms with Crippen molar-refractivity contribution < 1.29 is 13.2 Å². The first-order chi connectivity index (χ1) is 20.5. The summed E-state index contributed by atoms with van der Waals surface area (Å²) >= 11 is 0. The maximum absolute atomic E-state index is 13.6. The molecule has 12 heteroatoms. The molecule has 11 nitrogen and oxygen atoms in total. The first kappa shape index (κ1) is 29.3. The van der Waals surface area contributed by atoms with Crippen LogP contribution in [0.1, 0.15) is 57.1 Å². The molecule has 0 atom stereocenters. The Labute approximate surface area is 251 Å². The summed E-state index contributed by atoms with van der Waals surface area (Å²) in [5.74, 6) is 0.0821. The Morgan fingerprint density at radius 3 is 2.42 bits per heavy atom. The lowest BCUT2D eigenvalue weighted by Gasteiger charge is -2.44. The highest BCUT2D eigenvalue weighted by molar-refractivity contribution is 7.91. The lowest BCUT2D eigenvalue weighted by Crippen LogP contribution is -2.61. The fourth-order valence-electron chi connectivity index (χ4n) is 6.45. The lowest BCUT2D eigenvalue weighted by molar-refractivity contribution is -0.133. The standard InChI is InChI=1S/C31H39N7O4S/c1-20-10-13-26(21(2)18-20)43(41,42)29-27-33-28(39)24-12-11-23(19-25(24)38(27)35-34-29)36-14-16-37(17-15-36)31(3,4)30(40)32-22-8-6-5-7-9-22/h10-13,18-19,22,35H,5-9,14-17H2,1-4H3,(H,32,40). The number of nitrogens with zero attached hydrogens (tertiary/aromatic N) is 5. The van der Waals surface area contributed by atoms with Gasteiger partial charge >= 0.3 is 0 Å². The van der Waals surface area contributed by atoms with Gasteiger partial charge in [-0.15, -0.1) is 5.10 Å². The number of aromatic amines is 1. The molecule has 2 aromatic heterocycles. The molecule has 1 aliphatic heterocycles. The minimum atomic E-state index is -4.04. The fraction of sp³-hybridized carbons (Fsp3) is 0.484. The van der Waals surface area contributed by atoms with E-state index in [1.807, 2.05) is 32.9 Å². The number of aryl methyl sites for hydroxylation is 2. The van der Waals surface area contributed by atoms with Crippen LogP contribution in [0.5, 0.6) is 0 Å². The average Bonchev–Trinajstić information content (AvgIpc) is 3.42. The highest BCUT2D eigenvalue weighted by Crippen LogP contribution is 2.29. The molecule has 0 unspecified atom stereocenters. The second-order valence-electron chi connectivity index (χ2n) is 12.4. The number of nitrogens with one attached hydrogen (secondary N) is 2. The highest BCUT2D eigenvalue weighted by Gasteiger charge is 2.37. The third-order valence-electron chi connectivity index (χ3n) is 9.12. The second kappa shape index (κ2) is 11.1. The zero-order valence-electron chi connectivity index (χ0n) is 25.2. The van der Waals surface area contributed by atoms with E-state index in [-0.39, 0.29) is 27.5 Å². The van der Waals surface area contributed by atoms with Gasteiger partial charge in [-0.1, -0.05) is 37.0 Å². The van der Waals surface area contributed by atoms with Gasteiger partial charge in [0.15, 0.2) is 5.65 Å². The molecular formula is C31H39N7O4S. The highest BCUT2D eigenvalue weighted by atomic mass is 32.2. The van der Waals surface area contributed by atoms with E-state index in [2.05, 4.69) is 30.4 Å². The Morgan fingerprint density at radius 2 is 1.72 bits per heavy atom. The third kappa shape index (κ3) is 5.31. The van der Waals surface area contributed by atoms with E-state index in [0.717, 1.165) is 24.1 Å². The Kier molecular flexibility index (Phi) is 7.54. The number of hydrogen-bond acceptors (Lipinski definition) is 8. The first-order valence-electron chi connectivity index (χ1n) is 15.0. The molecule has 228 valence electrons. The van der Waals surface area contributed by atoms with E-state index in [1.54, 1.807) is 31.2 Å². The molecule has 2 aromatic carbocycles. The van der Waals surface area contributed by atoms with Crippen LogP contribution in [0.25, 0.3) is 16.6 Å². The molecule has 6 rings (SSSR count). The molecule has 1 saturated carbocycles. The summed E-state index contributed by atoms with van der Waals surface area (Å²) in [7, 11) is -4.04. The maximum atomic E-state index is 13.6. The van der Waals surface area contributed by atoms with Crippen molar-refractivity contribution in [2.24, 2.45) is 0 Å². The number of amides is 1. The Hall–Kier alpha value is -3.77. The van der Waals surface area contributed by atoms with Crippen LogP contribution in [-0.4, -0.2) is 76.8 Å².